The summed E-state index contributed by atoms with van der Waals surface area (Å²) in [6.07, 6.45) is 1.48. The Morgan fingerprint density at radius 3 is 2.56 bits per heavy atom. The second-order valence-electron chi connectivity index (χ2n) is 5.51. The van der Waals surface area contributed by atoms with Crippen LogP contribution in [0.3, 0.4) is 0 Å². The van der Waals surface area contributed by atoms with Gasteiger partial charge in [-0.05, 0) is 48.5 Å². The second kappa shape index (κ2) is 9.08. The maximum atomic E-state index is 12.0. The predicted octanol–water partition coefficient (Wildman–Crippen LogP) is 5.08. The van der Waals surface area contributed by atoms with Crippen LogP contribution in [0.4, 0.5) is 10.5 Å². The Hall–Kier alpha value is -3.01. The van der Waals surface area contributed by atoms with Gasteiger partial charge in [-0.15, -0.1) is 0 Å². The number of aromatic nitrogens is 1. The molecule has 3 aromatic rings. The molecule has 27 heavy (non-hydrogen) atoms. The first kappa shape index (κ1) is 18.8. The molecule has 2 amide bonds. The van der Waals surface area contributed by atoms with E-state index < -0.39 is 0 Å². The van der Waals surface area contributed by atoms with Crippen molar-refractivity contribution in [1.82, 2.24) is 10.3 Å². The molecule has 2 N–H and O–H groups in total. The molecule has 7 heteroatoms. The third-order valence-corrected chi connectivity index (χ3v) is 5.09. The van der Waals surface area contributed by atoms with Gasteiger partial charge in [-0.25, -0.2) is 4.79 Å². The number of hydrogen-bond acceptors (Lipinski definition) is 4. The molecule has 0 aliphatic carbocycles. The lowest BCUT2D eigenvalue weighted by molar-refractivity contribution is 0.251. The maximum Gasteiger partial charge on any atom is 0.319 e. The normalized spacial score (nSPS) is 10.1. The van der Waals surface area contributed by atoms with E-state index in [4.69, 9.17) is 16.9 Å². The summed E-state index contributed by atoms with van der Waals surface area (Å²) in [6, 6.07) is 20.2. The van der Waals surface area contributed by atoms with Crippen molar-refractivity contribution < 1.29 is 4.79 Å². The highest BCUT2D eigenvalue weighted by atomic mass is 35.5. The molecule has 0 aliphatic heterocycles. The average Bonchev–Trinajstić information content (AvgIpc) is 2.70. The van der Waals surface area contributed by atoms with Gasteiger partial charge in [0.25, 0.3) is 0 Å². The molecule has 1 aromatic heterocycles. The first-order valence-corrected chi connectivity index (χ1v) is 9.26. The SMILES string of the molecule is N#Cc1ccc(CNC(=O)Nc2ccc(Sc3ccccc3Cl)cc2)nc1. The van der Waals surface area contributed by atoms with Gasteiger partial charge in [-0.1, -0.05) is 35.5 Å². The molecule has 0 aliphatic rings. The fourth-order valence-electron chi connectivity index (χ4n) is 2.20. The third-order valence-electron chi connectivity index (χ3n) is 3.56. The minimum Gasteiger partial charge on any atom is -0.332 e. The third kappa shape index (κ3) is 5.48. The van der Waals surface area contributed by atoms with Gasteiger partial charge in [-0.2, -0.15) is 5.26 Å². The van der Waals surface area contributed by atoms with Crippen LogP contribution in [-0.4, -0.2) is 11.0 Å². The Bertz CT molecular complexity index is 969. The quantitative estimate of drug-likeness (QED) is 0.632. The summed E-state index contributed by atoms with van der Waals surface area (Å²) in [5, 5.41) is 15.0. The number of nitrogens with zero attached hydrogens (tertiary/aromatic N) is 2. The first-order valence-electron chi connectivity index (χ1n) is 8.06. The predicted molar refractivity (Wildman–Crippen MR) is 107 cm³/mol. The highest BCUT2D eigenvalue weighted by Gasteiger charge is 2.05. The number of nitriles is 1. The number of anilines is 1. The highest BCUT2D eigenvalue weighted by molar-refractivity contribution is 7.99. The van der Waals surface area contributed by atoms with Crippen molar-refractivity contribution in [2.75, 3.05) is 5.32 Å². The van der Waals surface area contributed by atoms with E-state index in [0.717, 1.165) is 9.79 Å². The number of urea groups is 1. The van der Waals surface area contributed by atoms with Crippen LogP contribution in [0.1, 0.15) is 11.3 Å². The number of pyridine rings is 1. The van der Waals surface area contributed by atoms with E-state index in [-0.39, 0.29) is 12.6 Å². The summed E-state index contributed by atoms with van der Waals surface area (Å²) < 4.78 is 0. The lowest BCUT2D eigenvalue weighted by Crippen LogP contribution is -2.28. The Kier molecular flexibility index (Phi) is 6.31. The summed E-state index contributed by atoms with van der Waals surface area (Å²) in [6.45, 7) is 0.276. The monoisotopic (exact) mass is 394 g/mol. The van der Waals surface area contributed by atoms with Crippen LogP contribution in [0, 0.1) is 11.3 Å². The molecule has 134 valence electrons. The van der Waals surface area contributed by atoms with E-state index in [2.05, 4.69) is 15.6 Å². The smallest absolute Gasteiger partial charge is 0.319 e. The van der Waals surface area contributed by atoms with Gasteiger partial charge in [0, 0.05) is 21.7 Å². The van der Waals surface area contributed by atoms with Crippen molar-refractivity contribution in [3.63, 3.8) is 0 Å². The first-order chi connectivity index (χ1) is 13.1. The van der Waals surface area contributed by atoms with E-state index in [0.29, 0.717) is 22.0 Å². The summed E-state index contributed by atoms with van der Waals surface area (Å²) in [4.78, 5) is 18.1. The van der Waals surface area contributed by atoms with Gasteiger partial charge in [0.1, 0.15) is 6.07 Å². The van der Waals surface area contributed by atoms with Crippen molar-refractivity contribution in [2.24, 2.45) is 0 Å². The molecule has 0 bridgehead atoms. The Balaban J connectivity index is 1.52. The number of nitrogens with one attached hydrogen (secondary N) is 2. The second-order valence-corrected chi connectivity index (χ2v) is 7.04. The number of amides is 2. The minimum atomic E-state index is -0.326. The van der Waals surface area contributed by atoms with Gasteiger partial charge >= 0.3 is 6.03 Å². The molecule has 0 saturated heterocycles. The van der Waals surface area contributed by atoms with E-state index in [9.17, 15) is 4.79 Å². The maximum absolute atomic E-state index is 12.0. The Morgan fingerprint density at radius 2 is 1.89 bits per heavy atom. The highest BCUT2D eigenvalue weighted by Crippen LogP contribution is 2.33. The van der Waals surface area contributed by atoms with E-state index in [1.807, 2.05) is 54.6 Å². The molecular formula is C20H15ClN4OS. The van der Waals surface area contributed by atoms with Crippen molar-refractivity contribution in [2.45, 2.75) is 16.3 Å². The molecule has 0 radical (unpaired) electrons. The lowest BCUT2D eigenvalue weighted by atomic mass is 10.2. The Morgan fingerprint density at radius 1 is 1.11 bits per heavy atom. The fourth-order valence-corrected chi connectivity index (χ4v) is 3.29. The molecule has 0 unspecified atom stereocenters. The van der Waals surface area contributed by atoms with E-state index >= 15 is 0 Å². The van der Waals surface area contributed by atoms with E-state index in [1.165, 1.54) is 6.20 Å². The van der Waals surface area contributed by atoms with Gasteiger partial charge in [0.2, 0.25) is 0 Å². The van der Waals surface area contributed by atoms with Gasteiger partial charge in [0.15, 0.2) is 0 Å². The standard InChI is InChI=1S/C20H15ClN4OS/c21-18-3-1-2-4-19(18)27-17-9-7-15(8-10-17)25-20(26)24-13-16-6-5-14(11-22)12-23-16/h1-10,12H,13H2,(H2,24,25,26). The minimum absolute atomic E-state index is 0.276. The molecule has 0 spiro atoms. The van der Waals surface area contributed by atoms with Crippen LogP contribution in [0.2, 0.25) is 5.02 Å². The number of hydrogen-bond donors (Lipinski definition) is 2. The fraction of sp³-hybridized carbons (Fsp3) is 0.0500. The molecule has 3 rings (SSSR count). The molecule has 0 fully saturated rings. The van der Waals surface area contributed by atoms with Crippen molar-refractivity contribution in [3.05, 3.63) is 83.1 Å². The number of rotatable bonds is 5. The van der Waals surface area contributed by atoms with Crippen LogP contribution in [0.15, 0.2) is 76.7 Å². The molecule has 0 atom stereocenters. The topological polar surface area (TPSA) is 77.8 Å². The van der Waals surface area contributed by atoms with Crippen molar-refractivity contribution >= 4 is 35.1 Å². The summed E-state index contributed by atoms with van der Waals surface area (Å²) in [7, 11) is 0. The van der Waals surface area contributed by atoms with Gasteiger partial charge in [-0.3, -0.25) is 4.98 Å². The summed E-state index contributed by atoms with van der Waals surface area (Å²) >= 11 is 7.73. The molecule has 2 aromatic carbocycles. The Labute approximate surface area is 166 Å². The number of benzene rings is 2. The lowest BCUT2D eigenvalue weighted by Gasteiger charge is -2.09. The molecule has 0 saturated carbocycles. The molecule has 5 nitrogen and oxygen atoms in total. The van der Waals surface area contributed by atoms with Crippen LogP contribution in [0.25, 0.3) is 0 Å². The number of halogens is 1. The van der Waals surface area contributed by atoms with Crippen LogP contribution < -0.4 is 10.6 Å². The van der Waals surface area contributed by atoms with Crippen molar-refractivity contribution in [3.8, 4) is 6.07 Å². The molecule has 1 heterocycles. The zero-order chi connectivity index (χ0) is 19.1. The summed E-state index contributed by atoms with van der Waals surface area (Å²) in [5.74, 6) is 0. The van der Waals surface area contributed by atoms with Crippen LogP contribution in [0.5, 0.6) is 0 Å². The van der Waals surface area contributed by atoms with Crippen LogP contribution >= 0.6 is 23.4 Å². The van der Waals surface area contributed by atoms with Crippen molar-refractivity contribution in [1.29, 1.82) is 5.26 Å². The zero-order valence-electron chi connectivity index (χ0n) is 14.1. The van der Waals surface area contributed by atoms with Gasteiger partial charge < -0.3 is 10.6 Å². The van der Waals surface area contributed by atoms with Gasteiger partial charge in [0.05, 0.1) is 22.8 Å². The van der Waals surface area contributed by atoms with E-state index in [1.54, 1.807) is 23.9 Å². The number of carbonyl (C=O) groups excluding carboxylic acids is 1. The van der Waals surface area contributed by atoms with Crippen LogP contribution in [-0.2, 0) is 6.54 Å². The zero-order valence-corrected chi connectivity index (χ0v) is 15.7. The number of carbonyl (C=O) groups is 1. The largest absolute Gasteiger partial charge is 0.332 e. The summed E-state index contributed by atoms with van der Waals surface area (Å²) in [5.41, 5.74) is 1.84. The average molecular weight is 395 g/mol. The molecular weight excluding hydrogens is 380 g/mol.